The van der Waals surface area contributed by atoms with Gasteiger partial charge in [-0.25, -0.2) is 0 Å². The Balaban J connectivity index is 2.96. The molecule has 0 spiro atoms. The first-order valence-corrected chi connectivity index (χ1v) is 4.61. The van der Waals surface area contributed by atoms with Crippen LogP contribution in [0.3, 0.4) is 0 Å². The predicted octanol–water partition coefficient (Wildman–Crippen LogP) is 2.03. The second kappa shape index (κ2) is 2.45. The molecule has 12 heavy (non-hydrogen) atoms. The van der Waals surface area contributed by atoms with Gasteiger partial charge in [-0.1, -0.05) is 17.4 Å². The SMILES string of the molecule is Cc1ccc2c(c1)sc(=N)n2C. The largest absolute Gasteiger partial charge is 0.320 e. The first-order chi connectivity index (χ1) is 5.68. The van der Waals surface area contributed by atoms with Crippen molar-refractivity contribution in [1.82, 2.24) is 4.57 Å². The molecule has 0 atom stereocenters. The lowest BCUT2D eigenvalue weighted by Gasteiger charge is -1.94. The summed E-state index contributed by atoms with van der Waals surface area (Å²) in [6, 6.07) is 6.27. The van der Waals surface area contributed by atoms with Crippen molar-refractivity contribution in [3.63, 3.8) is 0 Å². The van der Waals surface area contributed by atoms with Gasteiger partial charge in [0.2, 0.25) is 0 Å². The summed E-state index contributed by atoms with van der Waals surface area (Å²) >= 11 is 1.52. The highest BCUT2D eigenvalue weighted by molar-refractivity contribution is 7.16. The van der Waals surface area contributed by atoms with Crippen molar-refractivity contribution in [1.29, 1.82) is 5.41 Å². The molecule has 0 aliphatic carbocycles. The van der Waals surface area contributed by atoms with E-state index in [4.69, 9.17) is 5.41 Å². The maximum absolute atomic E-state index is 7.60. The monoisotopic (exact) mass is 178 g/mol. The molecule has 1 N–H and O–H groups in total. The molecule has 2 aromatic rings. The molecule has 0 saturated heterocycles. The first kappa shape index (κ1) is 7.55. The minimum Gasteiger partial charge on any atom is -0.320 e. The topological polar surface area (TPSA) is 28.8 Å². The summed E-state index contributed by atoms with van der Waals surface area (Å²) in [6.45, 7) is 2.07. The highest BCUT2D eigenvalue weighted by Crippen LogP contribution is 2.17. The van der Waals surface area contributed by atoms with Crippen LogP contribution in [0.15, 0.2) is 18.2 Å². The average Bonchev–Trinajstić information content (AvgIpc) is 2.28. The Bertz CT molecular complexity index is 479. The number of hydrogen-bond donors (Lipinski definition) is 1. The Labute approximate surface area is 74.6 Å². The van der Waals surface area contributed by atoms with Gasteiger partial charge in [0.15, 0.2) is 4.80 Å². The summed E-state index contributed by atoms with van der Waals surface area (Å²) in [5, 5.41) is 7.60. The van der Waals surface area contributed by atoms with Crippen LogP contribution in [-0.4, -0.2) is 4.57 Å². The third-order valence-corrected chi connectivity index (χ3v) is 3.00. The zero-order valence-electron chi connectivity index (χ0n) is 7.09. The van der Waals surface area contributed by atoms with Crippen molar-refractivity contribution in [2.75, 3.05) is 0 Å². The third kappa shape index (κ3) is 0.975. The fourth-order valence-electron chi connectivity index (χ4n) is 1.26. The lowest BCUT2D eigenvalue weighted by atomic mass is 10.2. The van der Waals surface area contributed by atoms with Crippen LogP contribution < -0.4 is 4.80 Å². The molecule has 0 aliphatic rings. The molecule has 3 heteroatoms. The normalized spacial score (nSPS) is 10.8. The number of aromatic nitrogens is 1. The molecule has 2 rings (SSSR count). The number of benzene rings is 1. The molecule has 2 nitrogen and oxygen atoms in total. The number of nitrogens with zero attached hydrogens (tertiary/aromatic N) is 1. The Morgan fingerprint density at radius 3 is 2.92 bits per heavy atom. The lowest BCUT2D eigenvalue weighted by molar-refractivity contribution is 0.893. The summed E-state index contributed by atoms with van der Waals surface area (Å²) in [4.78, 5) is 0.607. The van der Waals surface area contributed by atoms with E-state index >= 15 is 0 Å². The maximum atomic E-state index is 7.60. The summed E-state index contributed by atoms with van der Waals surface area (Å²) in [7, 11) is 1.93. The third-order valence-electron chi connectivity index (χ3n) is 1.99. The van der Waals surface area contributed by atoms with Crippen molar-refractivity contribution in [3.8, 4) is 0 Å². The van der Waals surface area contributed by atoms with Gasteiger partial charge in [-0.2, -0.15) is 0 Å². The molecule has 0 saturated carbocycles. The van der Waals surface area contributed by atoms with E-state index in [0.717, 1.165) is 5.52 Å². The van der Waals surface area contributed by atoms with E-state index in [1.165, 1.54) is 21.6 Å². The lowest BCUT2D eigenvalue weighted by Crippen LogP contribution is -2.06. The fraction of sp³-hybridized carbons (Fsp3) is 0.222. The van der Waals surface area contributed by atoms with Crippen LogP contribution in [0.2, 0.25) is 0 Å². The Hall–Kier alpha value is -1.09. The van der Waals surface area contributed by atoms with Gasteiger partial charge in [0, 0.05) is 7.05 Å². The zero-order chi connectivity index (χ0) is 8.72. The summed E-state index contributed by atoms with van der Waals surface area (Å²) in [5.74, 6) is 0. The van der Waals surface area contributed by atoms with Crippen LogP contribution in [-0.2, 0) is 7.05 Å². The minimum absolute atomic E-state index is 0.607. The van der Waals surface area contributed by atoms with Gasteiger partial charge in [0.05, 0.1) is 10.2 Å². The predicted molar refractivity (Wildman–Crippen MR) is 51.4 cm³/mol. The van der Waals surface area contributed by atoms with Gasteiger partial charge in [0.25, 0.3) is 0 Å². The van der Waals surface area contributed by atoms with Crippen molar-refractivity contribution in [3.05, 3.63) is 28.6 Å². The fourth-order valence-corrected chi connectivity index (χ4v) is 2.26. The second-order valence-corrected chi connectivity index (χ2v) is 3.97. The summed E-state index contributed by atoms with van der Waals surface area (Å²) < 4.78 is 3.10. The maximum Gasteiger partial charge on any atom is 0.182 e. The number of thiazole rings is 1. The van der Waals surface area contributed by atoms with E-state index in [-0.39, 0.29) is 0 Å². The van der Waals surface area contributed by atoms with Crippen LogP contribution in [0.4, 0.5) is 0 Å². The number of fused-ring (bicyclic) bond motifs is 1. The van der Waals surface area contributed by atoms with Crippen molar-refractivity contribution in [2.24, 2.45) is 7.05 Å². The van der Waals surface area contributed by atoms with E-state index in [9.17, 15) is 0 Å². The zero-order valence-corrected chi connectivity index (χ0v) is 7.90. The Morgan fingerprint density at radius 1 is 1.42 bits per heavy atom. The van der Waals surface area contributed by atoms with E-state index in [2.05, 4.69) is 25.1 Å². The smallest absolute Gasteiger partial charge is 0.182 e. The molecule has 0 amide bonds. The van der Waals surface area contributed by atoms with Gasteiger partial charge in [-0.05, 0) is 24.6 Å². The summed E-state index contributed by atoms with van der Waals surface area (Å²) in [6.07, 6.45) is 0. The van der Waals surface area contributed by atoms with E-state index in [0.29, 0.717) is 4.80 Å². The average molecular weight is 178 g/mol. The molecule has 0 radical (unpaired) electrons. The quantitative estimate of drug-likeness (QED) is 0.639. The molecule has 0 aliphatic heterocycles. The van der Waals surface area contributed by atoms with E-state index in [1.807, 2.05) is 11.6 Å². The number of nitrogens with one attached hydrogen (secondary N) is 1. The van der Waals surface area contributed by atoms with Crippen molar-refractivity contribution in [2.45, 2.75) is 6.92 Å². The second-order valence-electron chi connectivity index (χ2n) is 2.94. The van der Waals surface area contributed by atoms with E-state index in [1.54, 1.807) is 0 Å². The van der Waals surface area contributed by atoms with Gasteiger partial charge in [0.1, 0.15) is 0 Å². The van der Waals surface area contributed by atoms with E-state index < -0.39 is 0 Å². The molecule has 0 bridgehead atoms. The standard InChI is InChI=1S/C9H10N2S/c1-6-3-4-7-8(5-6)12-9(10)11(7)2/h3-5,10H,1-2H3. The van der Waals surface area contributed by atoms with Crippen molar-refractivity contribution < 1.29 is 0 Å². The highest BCUT2D eigenvalue weighted by atomic mass is 32.1. The van der Waals surface area contributed by atoms with Crippen LogP contribution in [0, 0.1) is 12.3 Å². The molecular formula is C9H10N2S. The summed E-state index contributed by atoms with van der Waals surface area (Å²) in [5.41, 5.74) is 2.40. The molecule has 0 unspecified atom stereocenters. The van der Waals surface area contributed by atoms with Gasteiger partial charge in [-0.3, -0.25) is 5.41 Å². The minimum atomic E-state index is 0.607. The Morgan fingerprint density at radius 2 is 2.17 bits per heavy atom. The number of hydrogen-bond acceptors (Lipinski definition) is 2. The van der Waals surface area contributed by atoms with Crippen LogP contribution in [0.25, 0.3) is 10.2 Å². The van der Waals surface area contributed by atoms with Crippen LogP contribution >= 0.6 is 11.3 Å². The van der Waals surface area contributed by atoms with Crippen LogP contribution in [0.5, 0.6) is 0 Å². The van der Waals surface area contributed by atoms with Gasteiger partial charge >= 0.3 is 0 Å². The van der Waals surface area contributed by atoms with Crippen molar-refractivity contribution >= 4 is 21.6 Å². The van der Waals surface area contributed by atoms with Crippen LogP contribution in [0.1, 0.15) is 5.56 Å². The molecule has 0 fully saturated rings. The van der Waals surface area contributed by atoms with Gasteiger partial charge in [-0.15, -0.1) is 0 Å². The van der Waals surface area contributed by atoms with Gasteiger partial charge < -0.3 is 4.57 Å². The molecule has 1 heterocycles. The number of aryl methyl sites for hydroxylation is 2. The highest BCUT2D eigenvalue weighted by Gasteiger charge is 2.00. The molecule has 1 aromatic heterocycles. The molecule has 1 aromatic carbocycles. The Kier molecular flexibility index (Phi) is 1.54. The first-order valence-electron chi connectivity index (χ1n) is 3.79. The molecule has 62 valence electrons. The number of rotatable bonds is 0. The molecular weight excluding hydrogens is 168 g/mol.